The van der Waals surface area contributed by atoms with Gasteiger partial charge in [-0.2, -0.15) is 0 Å². The van der Waals surface area contributed by atoms with Crippen LogP contribution in [0.3, 0.4) is 0 Å². The van der Waals surface area contributed by atoms with Crippen LogP contribution in [0.4, 0.5) is 0 Å². The van der Waals surface area contributed by atoms with Gasteiger partial charge >= 0.3 is 0 Å². The van der Waals surface area contributed by atoms with Crippen LogP contribution in [0.1, 0.15) is 23.2 Å². The Labute approximate surface area is 153 Å². The molecule has 0 saturated carbocycles. The summed E-state index contributed by atoms with van der Waals surface area (Å²) in [5.74, 6) is 0.339. The minimum Gasteiger partial charge on any atom is -0.464 e. The molecule has 2 aliphatic heterocycles. The second-order valence-electron chi connectivity index (χ2n) is 7.53. The van der Waals surface area contributed by atoms with Gasteiger partial charge in [-0.05, 0) is 44.6 Å². The van der Waals surface area contributed by atoms with Gasteiger partial charge in [0.05, 0.1) is 23.8 Å². The largest absolute Gasteiger partial charge is 0.464 e. The Morgan fingerprint density at radius 3 is 2.77 bits per heavy atom. The molecule has 6 heteroatoms. The Morgan fingerprint density at radius 2 is 2.00 bits per heavy atom. The molecule has 0 spiro atoms. The van der Waals surface area contributed by atoms with E-state index >= 15 is 0 Å². The lowest BCUT2D eigenvalue weighted by Gasteiger charge is -2.26. The first-order valence-corrected chi connectivity index (χ1v) is 9.25. The number of likely N-dealkylation sites (N-methyl/N-ethyl adjacent to an activating group) is 1. The smallest absolute Gasteiger partial charge is 0.254 e. The van der Waals surface area contributed by atoms with Crippen LogP contribution in [0.25, 0.3) is 11.0 Å². The van der Waals surface area contributed by atoms with Gasteiger partial charge in [0.25, 0.3) is 5.91 Å². The maximum Gasteiger partial charge on any atom is 0.254 e. The van der Waals surface area contributed by atoms with E-state index < -0.39 is 0 Å². The first-order chi connectivity index (χ1) is 12.5. The van der Waals surface area contributed by atoms with Crippen LogP contribution in [0.5, 0.6) is 0 Å². The third kappa shape index (κ3) is 2.98. The molecule has 0 bridgehead atoms. The van der Waals surface area contributed by atoms with E-state index in [9.17, 15) is 9.59 Å². The predicted molar refractivity (Wildman–Crippen MR) is 98.9 cm³/mol. The van der Waals surface area contributed by atoms with Crippen molar-refractivity contribution in [3.8, 4) is 0 Å². The average Bonchev–Trinajstić information content (AvgIpc) is 3.39. The minimum absolute atomic E-state index is 0.0168. The summed E-state index contributed by atoms with van der Waals surface area (Å²) in [6.45, 7) is 3.19. The number of furan rings is 1. The summed E-state index contributed by atoms with van der Waals surface area (Å²) in [5, 5.41) is 0.837. The van der Waals surface area contributed by atoms with E-state index in [0.29, 0.717) is 12.1 Å². The van der Waals surface area contributed by atoms with Crippen LogP contribution < -0.4 is 0 Å². The number of amides is 2. The van der Waals surface area contributed by atoms with E-state index in [1.807, 2.05) is 36.2 Å². The van der Waals surface area contributed by atoms with Crippen LogP contribution in [-0.4, -0.2) is 72.8 Å². The van der Waals surface area contributed by atoms with E-state index in [1.165, 1.54) is 0 Å². The van der Waals surface area contributed by atoms with Crippen molar-refractivity contribution in [2.75, 3.05) is 40.3 Å². The molecule has 3 heterocycles. The number of likely N-dealkylation sites (tertiary alicyclic amines) is 2. The second kappa shape index (κ2) is 6.76. The van der Waals surface area contributed by atoms with Crippen LogP contribution in [0, 0.1) is 5.92 Å². The summed E-state index contributed by atoms with van der Waals surface area (Å²) in [5.41, 5.74) is 1.37. The van der Waals surface area contributed by atoms with Crippen molar-refractivity contribution >= 4 is 22.8 Å². The fraction of sp³-hybridized carbons (Fsp3) is 0.500. The molecule has 2 amide bonds. The first kappa shape index (κ1) is 17.1. The van der Waals surface area contributed by atoms with Crippen molar-refractivity contribution < 1.29 is 14.0 Å². The molecule has 1 aromatic carbocycles. The third-order valence-electron chi connectivity index (χ3n) is 5.81. The molecule has 0 aliphatic carbocycles. The van der Waals surface area contributed by atoms with Crippen molar-refractivity contribution in [1.29, 1.82) is 0 Å². The van der Waals surface area contributed by atoms with Crippen LogP contribution in [0.2, 0.25) is 0 Å². The van der Waals surface area contributed by atoms with Crippen molar-refractivity contribution in [2.45, 2.75) is 18.9 Å². The standard InChI is InChI=1S/C20H25N3O3/c1-21-9-6-14(12-21)19(24)23-10-7-15(13-23)22(2)20(25)17-4-3-5-18-16(17)8-11-26-18/h3-5,8,11,14-15H,6-7,9-10,12-13H2,1-2H3/t14-,15?/m0/s1. The Hall–Kier alpha value is -2.34. The molecular formula is C20H25N3O3. The van der Waals surface area contributed by atoms with Crippen molar-refractivity contribution in [3.05, 3.63) is 36.1 Å². The van der Waals surface area contributed by atoms with E-state index in [0.717, 1.165) is 43.4 Å². The van der Waals surface area contributed by atoms with Crippen LogP contribution in [0.15, 0.2) is 34.9 Å². The van der Waals surface area contributed by atoms with Gasteiger partial charge in [-0.1, -0.05) is 6.07 Å². The number of rotatable bonds is 3. The highest BCUT2D eigenvalue weighted by atomic mass is 16.3. The quantitative estimate of drug-likeness (QED) is 0.846. The molecule has 26 heavy (non-hydrogen) atoms. The molecule has 6 nitrogen and oxygen atoms in total. The predicted octanol–water partition coefficient (Wildman–Crippen LogP) is 2.06. The van der Waals surface area contributed by atoms with Gasteiger partial charge in [0.2, 0.25) is 5.91 Å². The Balaban J connectivity index is 1.44. The van der Waals surface area contributed by atoms with Gasteiger partial charge in [-0.3, -0.25) is 9.59 Å². The summed E-state index contributed by atoms with van der Waals surface area (Å²) in [6, 6.07) is 7.43. The molecule has 1 unspecified atom stereocenters. The Bertz CT molecular complexity index is 831. The molecule has 2 atom stereocenters. The van der Waals surface area contributed by atoms with Gasteiger partial charge in [-0.25, -0.2) is 0 Å². The molecule has 2 aromatic rings. The molecule has 2 saturated heterocycles. The Kier molecular flexibility index (Phi) is 4.44. The lowest BCUT2D eigenvalue weighted by Crippen LogP contribution is -2.41. The number of fused-ring (bicyclic) bond motifs is 1. The van der Waals surface area contributed by atoms with Gasteiger partial charge in [0, 0.05) is 32.1 Å². The third-order valence-corrected chi connectivity index (χ3v) is 5.81. The molecule has 0 N–H and O–H groups in total. The fourth-order valence-corrected chi connectivity index (χ4v) is 4.19. The molecule has 1 aromatic heterocycles. The lowest BCUT2D eigenvalue weighted by molar-refractivity contribution is -0.134. The number of nitrogens with zero attached hydrogens (tertiary/aromatic N) is 3. The normalized spacial score (nSPS) is 23.7. The second-order valence-corrected chi connectivity index (χ2v) is 7.53. The highest BCUT2D eigenvalue weighted by molar-refractivity contribution is 6.05. The summed E-state index contributed by atoms with van der Waals surface area (Å²) >= 11 is 0. The topological polar surface area (TPSA) is 57.0 Å². The van der Waals surface area contributed by atoms with Gasteiger partial charge < -0.3 is 19.1 Å². The SMILES string of the molecule is CN1CC[C@H](C(=O)N2CCC(N(C)C(=O)c3cccc4occc34)C2)C1. The lowest BCUT2D eigenvalue weighted by atomic mass is 10.1. The first-order valence-electron chi connectivity index (χ1n) is 9.25. The van der Waals surface area contributed by atoms with E-state index in [1.54, 1.807) is 11.2 Å². The maximum absolute atomic E-state index is 13.0. The van der Waals surface area contributed by atoms with E-state index in [2.05, 4.69) is 11.9 Å². The van der Waals surface area contributed by atoms with Gasteiger partial charge in [0.1, 0.15) is 5.58 Å². The molecule has 138 valence electrons. The molecule has 0 radical (unpaired) electrons. The number of benzene rings is 1. The number of carbonyl (C=O) groups excluding carboxylic acids is 2. The van der Waals surface area contributed by atoms with Crippen molar-refractivity contribution in [2.24, 2.45) is 5.92 Å². The average molecular weight is 355 g/mol. The van der Waals surface area contributed by atoms with Crippen molar-refractivity contribution in [3.63, 3.8) is 0 Å². The number of hydrogen-bond donors (Lipinski definition) is 0. The summed E-state index contributed by atoms with van der Waals surface area (Å²) < 4.78 is 5.40. The zero-order valence-electron chi connectivity index (χ0n) is 15.4. The molecular weight excluding hydrogens is 330 g/mol. The molecule has 2 fully saturated rings. The monoisotopic (exact) mass is 355 g/mol. The minimum atomic E-state index is -0.0168. The maximum atomic E-state index is 13.0. The number of carbonyl (C=O) groups is 2. The van der Waals surface area contributed by atoms with Gasteiger partial charge in [-0.15, -0.1) is 0 Å². The van der Waals surface area contributed by atoms with E-state index in [4.69, 9.17) is 4.42 Å². The van der Waals surface area contributed by atoms with Crippen LogP contribution in [-0.2, 0) is 4.79 Å². The fourth-order valence-electron chi connectivity index (χ4n) is 4.19. The van der Waals surface area contributed by atoms with Crippen LogP contribution >= 0.6 is 0 Å². The molecule has 2 aliphatic rings. The zero-order chi connectivity index (χ0) is 18.3. The highest BCUT2D eigenvalue weighted by Crippen LogP contribution is 2.25. The Morgan fingerprint density at radius 1 is 1.15 bits per heavy atom. The highest BCUT2D eigenvalue weighted by Gasteiger charge is 2.36. The number of hydrogen-bond acceptors (Lipinski definition) is 4. The zero-order valence-corrected chi connectivity index (χ0v) is 15.4. The molecule has 4 rings (SSSR count). The van der Waals surface area contributed by atoms with Gasteiger partial charge in [0.15, 0.2) is 0 Å². The van der Waals surface area contributed by atoms with Crippen molar-refractivity contribution in [1.82, 2.24) is 14.7 Å². The summed E-state index contributed by atoms with van der Waals surface area (Å²) in [7, 11) is 3.90. The summed E-state index contributed by atoms with van der Waals surface area (Å²) in [4.78, 5) is 31.7. The summed E-state index contributed by atoms with van der Waals surface area (Å²) in [6.07, 6.45) is 3.38. The van der Waals surface area contributed by atoms with E-state index in [-0.39, 0.29) is 23.8 Å².